The molecule has 0 radical (unpaired) electrons. The van der Waals surface area contributed by atoms with Gasteiger partial charge in [0.15, 0.2) is 0 Å². The van der Waals surface area contributed by atoms with Gasteiger partial charge in [-0.2, -0.15) is 5.10 Å². The van der Waals surface area contributed by atoms with Crippen LogP contribution in [0, 0.1) is 0 Å². The van der Waals surface area contributed by atoms with Gasteiger partial charge < -0.3 is 10.1 Å². The summed E-state index contributed by atoms with van der Waals surface area (Å²) >= 11 is 5.90. The Hall–Kier alpha value is -2.22. The standard InChI is InChI=1S/C18H15ClF3N3O.ClH/c19-15-5-3-13(4-6-15)17-14(11-24-25-17)10-23-9-12-1-7-16(8-2-12)26-18(20,21)22;/h1-8,11,23H,9-10H2,(H,24,25);1H. The minimum Gasteiger partial charge on any atom is -0.406 e. The van der Waals surface area contributed by atoms with Crippen LogP contribution in [0.3, 0.4) is 0 Å². The fraction of sp³-hybridized carbons (Fsp3) is 0.167. The summed E-state index contributed by atoms with van der Waals surface area (Å²) in [6, 6.07) is 13.2. The number of ether oxygens (including phenoxy) is 1. The van der Waals surface area contributed by atoms with Crippen LogP contribution in [-0.4, -0.2) is 16.6 Å². The van der Waals surface area contributed by atoms with Crippen LogP contribution in [0.15, 0.2) is 54.7 Å². The summed E-state index contributed by atoms with van der Waals surface area (Å²) in [5.41, 5.74) is 3.68. The minimum absolute atomic E-state index is 0. The van der Waals surface area contributed by atoms with Crippen LogP contribution in [-0.2, 0) is 13.1 Å². The molecule has 3 aromatic rings. The third-order valence-corrected chi connectivity index (χ3v) is 3.90. The van der Waals surface area contributed by atoms with E-state index in [1.165, 1.54) is 12.1 Å². The molecule has 0 saturated carbocycles. The minimum atomic E-state index is -4.68. The second kappa shape index (κ2) is 9.12. The predicted octanol–water partition coefficient (Wildman–Crippen LogP) is 5.34. The summed E-state index contributed by atoms with van der Waals surface area (Å²) in [4.78, 5) is 0. The molecule has 0 unspecified atom stereocenters. The average Bonchev–Trinajstić information content (AvgIpc) is 3.04. The number of hydrogen-bond acceptors (Lipinski definition) is 3. The average molecular weight is 418 g/mol. The SMILES string of the molecule is Cl.FC(F)(F)Oc1ccc(CNCc2cn[nH]c2-c2ccc(Cl)cc2)cc1. The fourth-order valence-corrected chi connectivity index (χ4v) is 2.59. The van der Waals surface area contributed by atoms with Crippen molar-refractivity contribution in [3.05, 3.63) is 70.9 Å². The Bertz CT molecular complexity index is 850. The van der Waals surface area contributed by atoms with Crippen molar-refractivity contribution >= 4 is 24.0 Å². The monoisotopic (exact) mass is 417 g/mol. The van der Waals surface area contributed by atoms with E-state index in [1.807, 2.05) is 12.1 Å². The lowest BCUT2D eigenvalue weighted by atomic mass is 10.1. The number of hydrogen-bond donors (Lipinski definition) is 2. The van der Waals surface area contributed by atoms with Gasteiger partial charge in [-0.25, -0.2) is 0 Å². The van der Waals surface area contributed by atoms with Gasteiger partial charge in [-0.3, -0.25) is 5.10 Å². The lowest BCUT2D eigenvalue weighted by Crippen LogP contribution is -2.17. The van der Waals surface area contributed by atoms with Crippen LogP contribution < -0.4 is 10.1 Å². The molecule has 1 aromatic heterocycles. The number of benzene rings is 2. The van der Waals surface area contributed by atoms with Gasteiger partial charge in [0.2, 0.25) is 0 Å². The smallest absolute Gasteiger partial charge is 0.406 e. The molecule has 4 nitrogen and oxygen atoms in total. The van der Waals surface area contributed by atoms with Gasteiger partial charge in [-0.05, 0) is 35.4 Å². The van der Waals surface area contributed by atoms with Crippen molar-refractivity contribution in [1.82, 2.24) is 15.5 Å². The predicted molar refractivity (Wildman–Crippen MR) is 100.0 cm³/mol. The molecule has 2 aromatic carbocycles. The summed E-state index contributed by atoms with van der Waals surface area (Å²) in [7, 11) is 0. The van der Waals surface area contributed by atoms with E-state index in [2.05, 4.69) is 20.3 Å². The van der Waals surface area contributed by atoms with Crippen LogP contribution >= 0.6 is 24.0 Å². The van der Waals surface area contributed by atoms with Gasteiger partial charge in [0, 0.05) is 23.7 Å². The number of nitrogens with zero attached hydrogens (tertiary/aromatic N) is 1. The highest BCUT2D eigenvalue weighted by molar-refractivity contribution is 6.30. The molecule has 0 aliphatic heterocycles. The second-order valence-corrected chi connectivity index (χ2v) is 6.01. The highest BCUT2D eigenvalue weighted by Gasteiger charge is 2.30. The van der Waals surface area contributed by atoms with Crippen molar-refractivity contribution in [3.63, 3.8) is 0 Å². The second-order valence-electron chi connectivity index (χ2n) is 5.57. The Morgan fingerprint density at radius 1 is 1.00 bits per heavy atom. The van der Waals surface area contributed by atoms with Crippen molar-refractivity contribution < 1.29 is 17.9 Å². The number of alkyl halides is 3. The van der Waals surface area contributed by atoms with Crippen molar-refractivity contribution in [2.75, 3.05) is 0 Å². The zero-order chi connectivity index (χ0) is 18.6. The number of H-pyrrole nitrogens is 1. The van der Waals surface area contributed by atoms with Crippen molar-refractivity contribution in [3.8, 4) is 17.0 Å². The first-order valence-corrected chi connectivity index (χ1v) is 8.12. The summed E-state index contributed by atoms with van der Waals surface area (Å²) in [5.74, 6) is -0.235. The lowest BCUT2D eigenvalue weighted by molar-refractivity contribution is -0.274. The molecule has 0 aliphatic carbocycles. The van der Waals surface area contributed by atoms with E-state index in [0.29, 0.717) is 18.1 Å². The lowest BCUT2D eigenvalue weighted by Gasteiger charge is -2.10. The number of aromatic nitrogens is 2. The van der Waals surface area contributed by atoms with Gasteiger partial charge >= 0.3 is 6.36 Å². The van der Waals surface area contributed by atoms with Gasteiger partial charge in [0.25, 0.3) is 0 Å². The van der Waals surface area contributed by atoms with Crippen molar-refractivity contribution in [1.29, 1.82) is 0 Å². The van der Waals surface area contributed by atoms with Gasteiger partial charge in [-0.15, -0.1) is 25.6 Å². The Balaban J connectivity index is 0.00000261. The molecule has 0 spiro atoms. The number of nitrogens with one attached hydrogen (secondary N) is 2. The molecule has 0 bridgehead atoms. The summed E-state index contributed by atoms with van der Waals surface area (Å²) in [5, 5.41) is 10.9. The van der Waals surface area contributed by atoms with Gasteiger partial charge in [-0.1, -0.05) is 35.9 Å². The van der Waals surface area contributed by atoms with Crippen molar-refractivity contribution in [2.45, 2.75) is 19.5 Å². The molecule has 27 heavy (non-hydrogen) atoms. The first kappa shape index (κ1) is 21.1. The molecule has 0 amide bonds. The Morgan fingerprint density at radius 3 is 2.30 bits per heavy atom. The summed E-state index contributed by atoms with van der Waals surface area (Å²) in [6.07, 6.45) is -2.95. The molecule has 0 fully saturated rings. The molecule has 9 heteroatoms. The molecule has 144 valence electrons. The zero-order valence-corrected chi connectivity index (χ0v) is 15.5. The Kier molecular flexibility index (Phi) is 7.12. The molecule has 1 heterocycles. The van der Waals surface area contributed by atoms with E-state index in [4.69, 9.17) is 11.6 Å². The van der Waals surface area contributed by atoms with E-state index in [1.54, 1.807) is 30.5 Å². The van der Waals surface area contributed by atoms with E-state index in [9.17, 15) is 13.2 Å². The Labute approximate surface area is 165 Å². The van der Waals surface area contributed by atoms with E-state index in [0.717, 1.165) is 22.4 Å². The quantitative estimate of drug-likeness (QED) is 0.568. The van der Waals surface area contributed by atoms with Crippen LogP contribution in [0.4, 0.5) is 13.2 Å². The normalized spacial score (nSPS) is 11.1. The molecule has 0 aliphatic rings. The van der Waals surface area contributed by atoms with Gasteiger partial charge in [0.1, 0.15) is 5.75 Å². The van der Waals surface area contributed by atoms with E-state index in [-0.39, 0.29) is 18.2 Å². The molecule has 0 saturated heterocycles. The largest absolute Gasteiger partial charge is 0.573 e. The third-order valence-electron chi connectivity index (χ3n) is 3.65. The maximum atomic E-state index is 12.2. The van der Waals surface area contributed by atoms with Crippen LogP contribution in [0.1, 0.15) is 11.1 Å². The van der Waals surface area contributed by atoms with Gasteiger partial charge in [0.05, 0.1) is 11.9 Å². The first-order valence-electron chi connectivity index (χ1n) is 7.74. The summed E-state index contributed by atoms with van der Waals surface area (Å²) < 4.78 is 40.3. The van der Waals surface area contributed by atoms with Crippen LogP contribution in [0.2, 0.25) is 5.02 Å². The highest BCUT2D eigenvalue weighted by Crippen LogP contribution is 2.24. The number of rotatable bonds is 6. The third kappa shape index (κ3) is 6.16. The number of halogens is 5. The zero-order valence-electron chi connectivity index (χ0n) is 13.9. The number of aromatic amines is 1. The van der Waals surface area contributed by atoms with Crippen LogP contribution in [0.5, 0.6) is 5.75 Å². The molecule has 3 rings (SSSR count). The Morgan fingerprint density at radius 2 is 1.67 bits per heavy atom. The molecule has 0 atom stereocenters. The fourth-order valence-electron chi connectivity index (χ4n) is 2.46. The maximum absolute atomic E-state index is 12.2. The van der Waals surface area contributed by atoms with E-state index < -0.39 is 6.36 Å². The molecular formula is C18H16Cl2F3N3O. The summed E-state index contributed by atoms with van der Waals surface area (Å²) in [6.45, 7) is 1.05. The van der Waals surface area contributed by atoms with E-state index >= 15 is 0 Å². The topological polar surface area (TPSA) is 49.9 Å². The molecular weight excluding hydrogens is 402 g/mol. The highest BCUT2D eigenvalue weighted by atomic mass is 35.5. The maximum Gasteiger partial charge on any atom is 0.573 e. The molecule has 2 N–H and O–H groups in total. The van der Waals surface area contributed by atoms with Crippen LogP contribution in [0.25, 0.3) is 11.3 Å². The van der Waals surface area contributed by atoms with Crippen molar-refractivity contribution in [2.24, 2.45) is 0 Å². The first-order chi connectivity index (χ1) is 12.4.